The summed E-state index contributed by atoms with van der Waals surface area (Å²) in [6.07, 6.45) is 4.88. The van der Waals surface area contributed by atoms with Gasteiger partial charge in [0, 0.05) is 17.8 Å². The lowest BCUT2D eigenvalue weighted by Gasteiger charge is -2.04. The fraction of sp³-hybridized carbons (Fsp3) is 0.0769. The number of hydrogen-bond acceptors (Lipinski definition) is 3. The maximum absolute atomic E-state index is 12.0. The average Bonchev–Trinajstić information content (AvgIpc) is 3.06. The monoisotopic (exact) mass is 304 g/mol. The summed E-state index contributed by atoms with van der Waals surface area (Å²) in [5.74, 6) is -0.185. The molecule has 4 N–H and O–H groups in total. The molecule has 1 atom stereocenters. The van der Waals surface area contributed by atoms with Crippen molar-refractivity contribution in [1.82, 2.24) is 14.7 Å². The molecular formula is C13H12N4O3S. The van der Waals surface area contributed by atoms with Crippen molar-refractivity contribution in [1.29, 1.82) is 0 Å². The Labute approximate surface area is 122 Å². The molecule has 1 amide bonds. The quantitative estimate of drug-likeness (QED) is 0.501. The van der Waals surface area contributed by atoms with E-state index in [2.05, 4.69) is 20.0 Å². The van der Waals surface area contributed by atoms with Crippen molar-refractivity contribution in [2.24, 2.45) is 0 Å². The topological polar surface area (TPSA) is 107 Å². The van der Waals surface area contributed by atoms with Crippen molar-refractivity contribution in [2.75, 3.05) is 5.32 Å². The molecule has 1 aromatic heterocycles. The Kier molecular flexibility index (Phi) is 3.65. The first-order valence-corrected chi connectivity index (χ1v) is 7.23. The Morgan fingerprint density at radius 2 is 2.29 bits per heavy atom. The fourth-order valence-corrected chi connectivity index (χ4v) is 2.42. The Bertz CT molecular complexity index is 740. The van der Waals surface area contributed by atoms with Crippen molar-refractivity contribution in [2.45, 2.75) is 6.54 Å². The molecule has 108 valence electrons. The van der Waals surface area contributed by atoms with Gasteiger partial charge in [-0.25, -0.2) is 13.9 Å². The van der Waals surface area contributed by atoms with E-state index in [9.17, 15) is 9.00 Å². The first kappa shape index (κ1) is 13.7. The summed E-state index contributed by atoms with van der Waals surface area (Å²) < 4.78 is 21.8. The van der Waals surface area contributed by atoms with Crippen LogP contribution >= 0.6 is 0 Å². The van der Waals surface area contributed by atoms with Crippen LogP contribution in [0.25, 0.3) is 11.6 Å². The number of rotatable bonds is 4. The van der Waals surface area contributed by atoms with Crippen molar-refractivity contribution < 1.29 is 13.6 Å². The molecule has 2 aromatic rings. The largest absolute Gasteiger partial charge is 0.345 e. The second kappa shape index (κ2) is 5.60. The lowest BCUT2D eigenvalue weighted by Crippen LogP contribution is -2.15. The first-order valence-electron chi connectivity index (χ1n) is 6.12. The maximum atomic E-state index is 12.0. The summed E-state index contributed by atoms with van der Waals surface area (Å²) >= 11 is -2.07. The Balaban J connectivity index is 1.95. The molecule has 1 aliphatic heterocycles. The number of nitrogens with zero attached hydrogens (tertiary/aromatic N) is 1. The molecule has 1 aliphatic rings. The number of anilines is 1. The Morgan fingerprint density at radius 1 is 1.43 bits per heavy atom. The van der Waals surface area contributed by atoms with Crippen LogP contribution in [0, 0.1) is 0 Å². The molecule has 0 spiro atoms. The zero-order valence-electron chi connectivity index (χ0n) is 10.8. The number of aromatic nitrogens is 2. The van der Waals surface area contributed by atoms with Gasteiger partial charge in [-0.3, -0.25) is 9.35 Å². The van der Waals surface area contributed by atoms with Gasteiger partial charge >= 0.3 is 0 Å². The highest BCUT2D eigenvalue weighted by atomic mass is 32.2. The summed E-state index contributed by atoms with van der Waals surface area (Å²) in [5, 5.41) is 2.78. The van der Waals surface area contributed by atoms with Crippen LogP contribution in [0.4, 0.5) is 5.69 Å². The van der Waals surface area contributed by atoms with Gasteiger partial charge in [-0.1, -0.05) is 6.07 Å². The number of carbonyl (C=O) groups is 1. The molecule has 3 rings (SSSR count). The molecular weight excluding hydrogens is 292 g/mol. The molecule has 0 aliphatic carbocycles. The number of amides is 1. The number of nitrogens with one attached hydrogen (secondary N) is 3. The van der Waals surface area contributed by atoms with Crippen molar-refractivity contribution in [3.63, 3.8) is 0 Å². The van der Waals surface area contributed by atoms with Gasteiger partial charge < -0.3 is 10.3 Å². The minimum absolute atomic E-state index is 0.185. The van der Waals surface area contributed by atoms with Gasteiger partial charge in [-0.05, 0) is 23.8 Å². The molecule has 2 heterocycles. The molecule has 1 aromatic carbocycles. The highest BCUT2D eigenvalue weighted by molar-refractivity contribution is 7.77. The van der Waals surface area contributed by atoms with E-state index in [1.165, 1.54) is 6.33 Å². The third-order valence-corrected chi connectivity index (χ3v) is 3.48. The standard InChI is InChI=1S/C13H12N4O3S/c18-13-11(4-9-6-14-7-15-9)10-3-8(5-16-21(19)20)1-2-12(10)17-13/h1-4,6-7,16H,5H2,(H,14,15)(H,17,18)(H,19,20)/b11-4-. The van der Waals surface area contributed by atoms with Crippen molar-refractivity contribution >= 4 is 34.5 Å². The summed E-state index contributed by atoms with van der Waals surface area (Å²) in [6, 6.07) is 5.38. The summed E-state index contributed by atoms with van der Waals surface area (Å²) in [5.41, 5.74) is 3.55. The molecule has 0 radical (unpaired) electrons. The summed E-state index contributed by atoms with van der Waals surface area (Å²) in [4.78, 5) is 18.8. The van der Waals surface area contributed by atoms with E-state index in [-0.39, 0.29) is 12.5 Å². The van der Waals surface area contributed by atoms with E-state index in [1.54, 1.807) is 24.4 Å². The molecule has 21 heavy (non-hydrogen) atoms. The molecule has 8 heteroatoms. The van der Waals surface area contributed by atoms with Crippen molar-refractivity contribution in [3.8, 4) is 0 Å². The fourth-order valence-electron chi connectivity index (χ4n) is 2.13. The molecule has 7 nitrogen and oxygen atoms in total. The average molecular weight is 304 g/mol. The minimum atomic E-state index is -2.07. The highest BCUT2D eigenvalue weighted by Crippen LogP contribution is 2.33. The molecule has 0 saturated heterocycles. The van der Waals surface area contributed by atoms with Gasteiger partial charge in [0.05, 0.1) is 23.8 Å². The number of imidazole rings is 1. The van der Waals surface area contributed by atoms with Gasteiger partial charge in [0.1, 0.15) is 0 Å². The van der Waals surface area contributed by atoms with Crippen LogP contribution in [0.3, 0.4) is 0 Å². The van der Waals surface area contributed by atoms with Crippen LogP contribution in [0.5, 0.6) is 0 Å². The lowest BCUT2D eigenvalue weighted by molar-refractivity contribution is -0.110. The second-order valence-corrected chi connectivity index (χ2v) is 5.26. The zero-order valence-corrected chi connectivity index (χ0v) is 11.6. The normalized spacial score (nSPS) is 16.8. The van der Waals surface area contributed by atoms with Gasteiger partial charge in [0.15, 0.2) is 0 Å². The number of carbonyl (C=O) groups excluding carboxylic acids is 1. The van der Waals surface area contributed by atoms with Crippen molar-refractivity contribution in [3.05, 3.63) is 47.5 Å². The molecule has 0 bridgehead atoms. The van der Waals surface area contributed by atoms with Gasteiger partial charge in [0.25, 0.3) is 5.91 Å². The Morgan fingerprint density at radius 3 is 3.00 bits per heavy atom. The maximum Gasteiger partial charge on any atom is 0.256 e. The van der Waals surface area contributed by atoms with Crippen LogP contribution < -0.4 is 10.0 Å². The van der Waals surface area contributed by atoms with Crippen LogP contribution in [-0.4, -0.2) is 24.6 Å². The Hall–Kier alpha value is -2.29. The third kappa shape index (κ3) is 2.92. The van der Waals surface area contributed by atoms with Crippen LogP contribution in [0.2, 0.25) is 0 Å². The van der Waals surface area contributed by atoms with Crippen LogP contribution in [0.1, 0.15) is 16.8 Å². The predicted octanol–water partition coefficient (Wildman–Crippen LogP) is 1.13. The van der Waals surface area contributed by atoms with E-state index < -0.39 is 11.3 Å². The number of H-pyrrole nitrogens is 1. The lowest BCUT2D eigenvalue weighted by atomic mass is 10.0. The van der Waals surface area contributed by atoms with Crippen LogP contribution in [-0.2, 0) is 22.6 Å². The van der Waals surface area contributed by atoms with E-state index in [0.717, 1.165) is 22.5 Å². The van der Waals surface area contributed by atoms with Crippen LogP contribution in [0.15, 0.2) is 30.7 Å². The SMILES string of the molecule is O=C1Nc2ccc(CNS(=O)O)cc2/C1=C/c1cnc[nH]1. The molecule has 0 saturated carbocycles. The zero-order chi connectivity index (χ0) is 14.8. The second-order valence-electron chi connectivity index (χ2n) is 4.47. The highest BCUT2D eigenvalue weighted by Gasteiger charge is 2.24. The minimum Gasteiger partial charge on any atom is -0.345 e. The van der Waals surface area contributed by atoms with E-state index in [4.69, 9.17) is 4.55 Å². The predicted molar refractivity (Wildman–Crippen MR) is 79.1 cm³/mol. The van der Waals surface area contributed by atoms with E-state index in [1.807, 2.05) is 6.07 Å². The first-order chi connectivity index (χ1) is 10.1. The van der Waals surface area contributed by atoms with E-state index >= 15 is 0 Å². The number of aromatic amines is 1. The van der Waals surface area contributed by atoms with Gasteiger partial charge in [-0.2, -0.15) is 0 Å². The number of benzene rings is 1. The third-order valence-electron chi connectivity index (χ3n) is 3.09. The summed E-state index contributed by atoms with van der Waals surface area (Å²) in [7, 11) is 0. The number of fused-ring (bicyclic) bond motifs is 1. The number of hydrogen-bond donors (Lipinski definition) is 4. The smallest absolute Gasteiger partial charge is 0.256 e. The molecule has 1 unspecified atom stereocenters. The summed E-state index contributed by atoms with van der Waals surface area (Å²) in [6.45, 7) is 0.238. The van der Waals surface area contributed by atoms with E-state index in [0.29, 0.717) is 5.57 Å². The van der Waals surface area contributed by atoms with Gasteiger partial charge in [-0.15, -0.1) is 0 Å². The van der Waals surface area contributed by atoms with Gasteiger partial charge in [0.2, 0.25) is 11.3 Å². The molecule has 0 fully saturated rings.